The zero-order chi connectivity index (χ0) is 23.8. The molecule has 1 aromatic carbocycles. The van der Waals surface area contributed by atoms with Gasteiger partial charge in [0.05, 0.1) is 5.25 Å². The largest absolute Gasteiger partial charge is 0.511 e. The Morgan fingerprint density at radius 3 is 2.64 bits per heavy atom. The normalized spacial score (nSPS) is 21.5. The molecule has 1 aromatic rings. The second-order valence-corrected chi connectivity index (χ2v) is 10.3. The van der Waals surface area contributed by atoms with E-state index in [1.807, 2.05) is 30.3 Å². The molecule has 2 aliphatic rings. The van der Waals surface area contributed by atoms with Crippen LogP contribution in [0.4, 0.5) is 0 Å². The number of allylic oxidation sites excluding steroid dienone is 3. The maximum atomic E-state index is 13.1. The van der Waals surface area contributed by atoms with Crippen molar-refractivity contribution in [3.05, 3.63) is 72.5 Å². The van der Waals surface area contributed by atoms with Gasteiger partial charge in [-0.25, -0.2) is 8.42 Å². The van der Waals surface area contributed by atoms with Crippen LogP contribution in [0.25, 0.3) is 0 Å². The predicted octanol–water partition coefficient (Wildman–Crippen LogP) is 1.97. The third-order valence-electron chi connectivity index (χ3n) is 5.86. The average molecular weight is 474 g/mol. The van der Waals surface area contributed by atoms with E-state index in [1.54, 1.807) is 24.3 Å². The highest BCUT2D eigenvalue weighted by atomic mass is 32.2. The Balaban J connectivity index is 1.55. The van der Waals surface area contributed by atoms with Gasteiger partial charge in [0.25, 0.3) is 0 Å². The van der Waals surface area contributed by atoms with Gasteiger partial charge in [-0.15, -0.1) is 0 Å². The Hall–Kier alpha value is -2.91. The molecule has 1 aliphatic carbocycles. The molecule has 0 saturated carbocycles. The smallest absolute Gasteiger partial charge is 0.239 e. The molecule has 1 aliphatic heterocycles. The molecule has 2 amide bonds. The summed E-state index contributed by atoms with van der Waals surface area (Å²) in [4.78, 5) is 25.2. The number of carbonyl (C=O) groups is 2. The number of hydrogen-bond donors (Lipinski definition) is 3. The fourth-order valence-electron chi connectivity index (χ4n) is 3.99. The van der Waals surface area contributed by atoms with Gasteiger partial charge >= 0.3 is 0 Å². The molecule has 3 N–H and O–H groups in total. The number of nitrogens with one attached hydrogen (secondary N) is 2. The lowest BCUT2D eigenvalue weighted by atomic mass is 10.1. The Morgan fingerprint density at radius 2 is 1.97 bits per heavy atom. The van der Waals surface area contributed by atoms with Gasteiger partial charge < -0.3 is 15.7 Å². The minimum Gasteiger partial charge on any atom is -0.511 e. The summed E-state index contributed by atoms with van der Waals surface area (Å²) in [6.07, 6.45) is 9.09. The standard InChI is InChI=1S/C24H31N3O5S/c1-18(28)21(17-25-23(29)15-14-19-9-4-2-5-10-19)26-24(30)22-13-8-16-27(22)33(31,32)20-11-6-3-7-12-20/h2-7,9-11,20-22,28H,1,8,12-17H2,(H,25,29)(H,26,30)/t20?,21-,22-/m0/s1. The first kappa shape index (κ1) is 24.7. The van der Waals surface area contributed by atoms with Crippen LogP contribution in [0.15, 0.2) is 67.0 Å². The molecule has 3 atom stereocenters. The molecule has 1 saturated heterocycles. The van der Waals surface area contributed by atoms with Crippen molar-refractivity contribution in [1.82, 2.24) is 14.9 Å². The summed E-state index contributed by atoms with van der Waals surface area (Å²) in [5.74, 6) is -1.04. The number of aliphatic hydroxyl groups excluding tert-OH is 1. The van der Waals surface area contributed by atoms with Crippen LogP contribution in [0.3, 0.4) is 0 Å². The van der Waals surface area contributed by atoms with Crippen LogP contribution in [-0.2, 0) is 26.0 Å². The van der Waals surface area contributed by atoms with E-state index in [0.717, 1.165) is 5.56 Å². The topological polar surface area (TPSA) is 116 Å². The fraction of sp³-hybridized carbons (Fsp3) is 0.417. The summed E-state index contributed by atoms with van der Waals surface area (Å²) in [5.41, 5.74) is 1.04. The van der Waals surface area contributed by atoms with Gasteiger partial charge in [-0.3, -0.25) is 9.59 Å². The highest BCUT2D eigenvalue weighted by Crippen LogP contribution is 2.27. The molecule has 33 heavy (non-hydrogen) atoms. The lowest BCUT2D eigenvalue weighted by Gasteiger charge is -2.28. The van der Waals surface area contributed by atoms with E-state index >= 15 is 0 Å². The highest BCUT2D eigenvalue weighted by molar-refractivity contribution is 7.90. The van der Waals surface area contributed by atoms with E-state index in [2.05, 4.69) is 17.2 Å². The maximum Gasteiger partial charge on any atom is 0.239 e. The molecule has 0 aromatic heterocycles. The molecule has 1 fully saturated rings. The fourth-order valence-corrected chi connectivity index (χ4v) is 5.92. The Morgan fingerprint density at radius 1 is 1.21 bits per heavy atom. The van der Waals surface area contributed by atoms with Gasteiger partial charge in [-0.05, 0) is 31.2 Å². The van der Waals surface area contributed by atoms with Crippen molar-refractivity contribution < 1.29 is 23.1 Å². The van der Waals surface area contributed by atoms with Gasteiger partial charge in [0.15, 0.2) is 0 Å². The van der Waals surface area contributed by atoms with Gasteiger partial charge in [0.1, 0.15) is 17.8 Å². The molecule has 178 valence electrons. The quantitative estimate of drug-likeness (QED) is 0.450. The molecule has 0 spiro atoms. The number of aryl methyl sites for hydroxylation is 1. The second-order valence-electron chi connectivity index (χ2n) is 8.24. The summed E-state index contributed by atoms with van der Waals surface area (Å²) in [7, 11) is -3.69. The van der Waals surface area contributed by atoms with Crippen LogP contribution in [0, 0.1) is 0 Å². The second kappa shape index (κ2) is 11.3. The summed E-state index contributed by atoms with van der Waals surface area (Å²) < 4.78 is 27.4. The van der Waals surface area contributed by atoms with Gasteiger partial charge in [0, 0.05) is 19.5 Å². The molecular weight excluding hydrogens is 442 g/mol. The van der Waals surface area contributed by atoms with Crippen LogP contribution in [0.5, 0.6) is 0 Å². The van der Waals surface area contributed by atoms with Crippen molar-refractivity contribution in [1.29, 1.82) is 0 Å². The number of hydrogen-bond acceptors (Lipinski definition) is 5. The zero-order valence-corrected chi connectivity index (χ0v) is 19.3. The highest BCUT2D eigenvalue weighted by Gasteiger charge is 2.42. The molecule has 0 radical (unpaired) electrons. The number of benzene rings is 1. The van der Waals surface area contributed by atoms with Crippen molar-refractivity contribution in [2.75, 3.05) is 13.1 Å². The minimum atomic E-state index is -3.69. The summed E-state index contributed by atoms with van der Waals surface area (Å²) in [6, 6.07) is 7.82. The Labute approximate surface area is 195 Å². The zero-order valence-electron chi connectivity index (χ0n) is 18.5. The SMILES string of the molecule is C=C(O)[C@H](CNC(=O)CCc1ccccc1)NC(=O)[C@@H]1CCCN1S(=O)(=O)C1C=CC=CC1. The number of amides is 2. The number of sulfonamides is 1. The van der Waals surface area contributed by atoms with Gasteiger partial charge in [-0.2, -0.15) is 4.31 Å². The Kier molecular flexibility index (Phi) is 8.46. The molecule has 9 heteroatoms. The van der Waals surface area contributed by atoms with E-state index < -0.39 is 33.3 Å². The number of aliphatic hydroxyl groups is 1. The van der Waals surface area contributed by atoms with Crippen LogP contribution in [-0.4, -0.2) is 60.1 Å². The average Bonchev–Trinajstić information content (AvgIpc) is 3.32. The third kappa shape index (κ3) is 6.55. The lowest BCUT2D eigenvalue weighted by Crippen LogP contribution is -2.53. The van der Waals surface area contributed by atoms with Crippen LogP contribution < -0.4 is 10.6 Å². The van der Waals surface area contributed by atoms with E-state index in [-0.39, 0.29) is 31.2 Å². The van der Waals surface area contributed by atoms with Crippen molar-refractivity contribution >= 4 is 21.8 Å². The van der Waals surface area contributed by atoms with Crippen LogP contribution >= 0.6 is 0 Å². The molecule has 0 bridgehead atoms. The van der Waals surface area contributed by atoms with Crippen molar-refractivity contribution in [2.45, 2.75) is 49.4 Å². The summed E-state index contributed by atoms with van der Waals surface area (Å²) >= 11 is 0. The Bertz CT molecular complexity index is 1020. The van der Waals surface area contributed by atoms with E-state index in [9.17, 15) is 23.1 Å². The molecular formula is C24H31N3O5S. The molecule has 1 heterocycles. The summed E-state index contributed by atoms with van der Waals surface area (Å²) in [5, 5.41) is 14.6. The van der Waals surface area contributed by atoms with E-state index in [0.29, 0.717) is 25.7 Å². The molecule has 8 nitrogen and oxygen atoms in total. The third-order valence-corrected chi connectivity index (χ3v) is 8.07. The first-order chi connectivity index (χ1) is 15.8. The van der Waals surface area contributed by atoms with E-state index in [1.165, 1.54) is 4.31 Å². The summed E-state index contributed by atoms with van der Waals surface area (Å²) in [6.45, 7) is 3.72. The first-order valence-corrected chi connectivity index (χ1v) is 12.6. The van der Waals surface area contributed by atoms with Crippen molar-refractivity contribution in [3.8, 4) is 0 Å². The number of carbonyl (C=O) groups excluding carboxylic acids is 2. The van der Waals surface area contributed by atoms with Gasteiger partial charge in [-0.1, -0.05) is 61.2 Å². The van der Waals surface area contributed by atoms with E-state index in [4.69, 9.17) is 0 Å². The first-order valence-electron chi connectivity index (χ1n) is 11.1. The van der Waals surface area contributed by atoms with Crippen LogP contribution in [0.1, 0.15) is 31.2 Å². The minimum absolute atomic E-state index is 0.0374. The maximum absolute atomic E-state index is 13.1. The van der Waals surface area contributed by atoms with Crippen LogP contribution in [0.2, 0.25) is 0 Å². The predicted molar refractivity (Wildman–Crippen MR) is 127 cm³/mol. The van der Waals surface area contributed by atoms with Gasteiger partial charge in [0.2, 0.25) is 21.8 Å². The molecule has 3 rings (SSSR count). The number of nitrogens with zero attached hydrogens (tertiary/aromatic N) is 1. The monoisotopic (exact) mass is 473 g/mol. The molecule has 1 unspecified atom stereocenters. The lowest BCUT2D eigenvalue weighted by molar-refractivity contribution is -0.125. The van der Waals surface area contributed by atoms with Crippen molar-refractivity contribution in [3.63, 3.8) is 0 Å². The number of rotatable bonds is 10. The van der Waals surface area contributed by atoms with Crippen molar-refractivity contribution in [2.24, 2.45) is 0 Å².